The fraction of sp³-hybridized carbons (Fsp3) is 0.500. The van der Waals surface area contributed by atoms with Crippen molar-refractivity contribution >= 4 is 11.8 Å². The minimum Gasteiger partial charge on any atom is -0.347 e. The molecule has 1 aromatic heterocycles. The van der Waals surface area contributed by atoms with Gasteiger partial charge in [0.05, 0.1) is 11.5 Å². The van der Waals surface area contributed by atoms with Crippen LogP contribution in [-0.2, 0) is 16.0 Å². The Bertz CT molecular complexity index is 906. The van der Waals surface area contributed by atoms with E-state index < -0.39 is 11.0 Å². The van der Waals surface area contributed by atoms with E-state index in [-0.39, 0.29) is 17.9 Å². The van der Waals surface area contributed by atoms with Gasteiger partial charge in [0.1, 0.15) is 5.54 Å². The number of carbonyl (C=O) groups excluding carboxylic acids is 2. The van der Waals surface area contributed by atoms with E-state index in [2.05, 4.69) is 15.6 Å². The molecule has 2 fully saturated rings. The summed E-state index contributed by atoms with van der Waals surface area (Å²) in [5.74, 6) is -0.152. The van der Waals surface area contributed by atoms with Gasteiger partial charge in [-0.05, 0) is 49.8 Å². The van der Waals surface area contributed by atoms with Gasteiger partial charge >= 0.3 is 0 Å². The summed E-state index contributed by atoms with van der Waals surface area (Å²) in [6.45, 7) is 0.336. The fourth-order valence-electron chi connectivity index (χ4n) is 5.00. The number of amides is 2. The Morgan fingerprint density at radius 3 is 2.22 bits per heavy atom. The Morgan fingerprint density at radius 1 is 0.906 bits per heavy atom. The van der Waals surface area contributed by atoms with Crippen molar-refractivity contribution in [3.05, 3.63) is 66.0 Å². The van der Waals surface area contributed by atoms with Gasteiger partial charge in [-0.2, -0.15) is 0 Å². The summed E-state index contributed by atoms with van der Waals surface area (Å²) in [7, 11) is 0. The van der Waals surface area contributed by atoms with E-state index in [4.69, 9.17) is 5.73 Å². The van der Waals surface area contributed by atoms with Gasteiger partial charge in [0.25, 0.3) is 0 Å². The van der Waals surface area contributed by atoms with Crippen LogP contribution in [-0.4, -0.2) is 28.9 Å². The lowest BCUT2D eigenvalue weighted by Gasteiger charge is -2.45. The van der Waals surface area contributed by atoms with E-state index in [1.807, 2.05) is 48.5 Å². The second-order valence-electron chi connectivity index (χ2n) is 9.40. The summed E-state index contributed by atoms with van der Waals surface area (Å²) < 4.78 is 0. The number of nitrogens with zero attached hydrogens (tertiary/aromatic N) is 1. The minimum absolute atomic E-state index is 0.0458. The quantitative estimate of drug-likeness (QED) is 0.593. The van der Waals surface area contributed by atoms with Crippen LogP contribution in [0.25, 0.3) is 0 Å². The van der Waals surface area contributed by atoms with Crippen LogP contribution >= 0.6 is 0 Å². The van der Waals surface area contributed by atoms with Gasteiger partial charge in [0.2, 0.25) is 11.8 Å². The first-order valence-corrected chi connectivity index (χ1v) is 11.9. The molecule has 0 saturated heterocycles. The Kier molecular flexibility index (Phi) is 6.89. The molecular formula is C26H34N4O2. The molecule has 0 radical (unpaired) electrons. The number of hydrogen-bond acceptors (Lipinski definition) is 4. The normalized spacial score (nSPS) is 19.9. The average Bonchev–Trinajstić information content (AvgIpc) is 2.82. The van der Waals surface area contributed by atoms with Crippen LogP contribution in [0.15, 0.2) is 54.7 Å². The van der Waals surface area contributed by atoms with E-state index in [1.54, 1.807) is 6.20 Å². The third-order valence-corrected chi connectivity index (χ3v) is 7.32. The highest BCUT2D eigenvalue weighted by atomic mass is 16.2. The van der Waals surface area contributed by atoms with Crippen molar-refractivity contribution in [3.63, 3.8) is 0 Å². The predicted molar refractivity (Wildman–Crippen MR) is 125 cm³/mol. The van der Waals surface area contributed by atoms with E-state index in [9.17, 15) is 9.59 Å². The van der Waals surface area contributed by atoms with E-state index in [0.29, 0.717) is 25.8 Å². The van der Waals surface area contributed by atoms with E-state index >= 15 is 0 Å². The summed E-state index contributed by atoms with van der Waals surface area (Å²) >= 11 is 0. The fourth-order valence-corrected chi connectivity index (χ4v) is 5.00. The van der Waals surface area contributed by atoms with Gasteiger partial charge in [-0.3, -0.25) is 14.6 Å². The number of aromatic nitrogens is 1. The van der Waals surface area contributed by atoms with E-state index in [0.717, 1.165) is 49.8 Å². The largest absolute Gasteiger partial charge is 0.347 e. The Labute approximate surface area is 190 Å². The smallest absolute Gasteiger partial charge is 0.246 e. The maximum atomic E-state index is 13.6. The molecule has 2 amide bonds. The number of rotatable bonds is 8. The molecule has 4 rings (SSSR count). The maximum Gasteiger partial charge on any atom is 0.246 e. The number of benzene rings is 1. The average molecular weight is 435 g/mol. The Hall–Kier alpha value is -2.73. The molecule has 2 aromatic rings. The van der Waals surface area contributed by atoms with Crippen LogP contribution in [0.5, 0.6) is 0 Å². The Morgan fingerprint density at radius 2 is 1.62 bits per heavy atom. The van der Waals surface area contributed by atoms with Gasteiger partial charge in [0.15, 0.2) is 0 Å². The monoisotopic (exact) mass is 434 g/mol. The highest BCUT2D eigenvalue weighted by molar-refractivity contribution is 5.94. The van der Waals surface area contributed by atoms with Crippen molar-refractivity contribution in [2.24, 2.45) is 11.1 Å². The highest BCUT2D eigenvalue weighted by Crippen LogP contribution is 2.39. The molecule has 2 saturated carbocycles. The van der Waals surface area contributed by atoms with Gasteiger partial charge in [0, 0.05) is 24.9 Å². The van der Waals surface area contributed by atoms with Crippen molar-refractivity contribution in [1.82, 2.24) is 15.6 Å². The molecule has 1 atom stereocenters. The summed E-state index contributed by atoms with van der Waals surface area (Å²) in [6.07, 6.45) is 9.41. The lowest BCUT2D eigenvalue weighted by atomic mass is 9.70. The van der Waals surface area contributed by atoms with E-state index in [1.165, 1.54) is 0 Å². The van der Waals surface area contributed by atoms with Gasteiger partial charge in [-0.1, -0.05) is 55.7 Å². The number of carbonyl (C=O) groups is 2. The van der Waals surface area contributed by atoms with Crippen molar-refractivity contribution < 1.29 is 9.59 Å². The molecule has 1 unspecified atom stereocenters. The highest BCUT2D eigenvalue weighted by Gasteiger charge is 2.49. The molecule has 0 bridgehead atoms. The van der Waals surface area contributed by atoms with Crippen LogP contribution < -0.4 is 16.4 Å². The van der Waals surface area contributed by atoms with Crippen LogP contribution in [0.1, 0.15) is 68.7 Å². The molecular weight excluding hydrogens is 400 g/mol. The second-order valence-corrected chi connectivity index (χ2v) is 9.40. The molecule has 0 aliphatic heterocycles. The number of hydrogen-bond donors (Lipinski definition) is 3. The minimum atomic E-state index is -0.839. The zero-order valence-electron chi connectivity index (χ0n) is 18.7. The molecule has 2 aliphatic carbocycles. The lowest BCUT2D eigenvalue weighted by molar-refractivity contribution is -0.143. The standard InChI is InChI=1S/C26H34N4O2/c27-19-25(13-6-2-7-14-25)23(31)30-26(15-9-16-26)24(32)29-22(20-10-3-1-4-11-20)18-21-12-5-8-17-28-21/h1,3-5,8,10-12,17,22H,2,6-7,9,13-16,18-19,27H2,(H,29,32)(H,30,31). The summed E-state index contributed by atoms with van der Waals surface area (Å²) in [4.78, 5) is 31.3. The molecule has 1 aromatic carbocycles. The van der Waals surface area contributed by atoms with Crippen molar-refractivity contribution in [2.45, 2.75) is 69.4 Å². The summed E-state index contributed by atoms with van der Waals surface area (Å²) in [6, 6.07) is 15.5. The van der Waals surface area contributed by atoms with Crippen LogP contribution in [0, 0.1) is 5.41 Å². The molecule has 2 aliphatic rings. The van der Waals surface area contributed by atoms with Crippen molar-refractivity contribution in [3.8, 4) is 0 Å². The molecule has 6 heteroatoms. The third-order valence-electron chi connectivity index (χ3n) is 7.32. The third kappa shape index (κ3) is 4.70. The van der Waals surface area contributed by atoms with Gasteiger partial charge < -0.3 is 16.4 Å². The predicted octanol–water partition coefficient (Wildman–Crippen LogP) is 3.43. The molecule has 0 spiro atoms. The molecule has 6 nitrogen and oxygen atoms in total. The first-order valence-electron chi connectivity index (χ1n) is 11.9. The SMILES string of the molecule is NCC1(C(=O)NC2(C(=O)NC(Cc3ccccn3)c3ccccc3)CCC2)CCCCC1. The maximum absolute atomic E-state index is 13.6. The van der Waals surface area contributed by atoms with Crippen molar-refractivity contribution in [1.29, 1.82) is 0 Å². The topological polar surface area (TPSA) is 97.1 Å². The van der Waals surface area contributed by atoms with Gasteiger partial charge in [-0.25, -0.2) is 0 Å². The van der Waals surface area contributed by atoms with Gasteiger partial charge in [-0.15, -0.1) is 0 Å². The zero-order chi connectivity index (χ0) is 22.4. The van der Waals surface area contributed by atoms with Crippen molar-refractivity contribution in [2.75, 3.05) is 6.54 Å². The van der Waals surface area contributed by atoms with Crippen LogP contribution in [0.3, 0.4) is 0 Å². The molecule has 170 valence electrons. The lowest BCUT2D eigenvalue weighted by Crippen LogP contribution is -2.66. The van der Waals surface area contributed by atoms with Crippen LogP contribution in [0.4, 0.5) is 0 Å². The first kappa shape index (κ1) is 22.5. The summed E-state index contributed by atoms with van der Waals surface area (Å²) in [5.41, 5.74) is 6.64. The molecule has 4 N–H and O–H groups in total. The molecule has 32 heavy (non-hydrogen) atoms. The first-order chi connectivity index (χ1) is 15.6. The number of nitrogens with one attached hydrogen (secondary N) is 2. The van der Waals surface area contributed by atoms with Crippen LogP contribution in [0.2, 0.25) is 0 Å². The number of nitrogens with two attached hydrogens (primary N) is 1. The molecule has 1 heterocycles. The number of pyridine rings is 1. The zero-order valence-corrected chi connectivity index (χ0v) is 18.7. The summed E-state index contributed by atoms with van der Waals surface area (Å²) in [5, 5.41) is 6.40. The Balaban J connectivity index is 1.51. The second kappa shape index (κ2) is 9.82.